The molecule has 0 aliphatic carbocycles. The van der Waals surface area contributed by atoms with Crippen molar-refractivity contribution in [2.45, 2.75) is 44.9 Å². The number of hydrogen-bond donors (Lipinski definition) is 1. The summed E-state index contributed by atoms with van der Waals surface area (Å²) >= 11 is 4.80. The van der Waals surface area contributed by atoms with E-state index in [0.717, 1.165) is 22.8 Å². The van der Waals surface area contributed by atoms with Gasteiger partial charge >= 0.3 is 5.97 Å². The van der Waals surface area contributed by atoms with Crippen LogP contribution >= 0.6 is 12.2 Å². The third kappa shape index (κ3) is 4.47. The smallest absolute Gasteiger partial charge is 0.305 e. The Morgan fingerprint density at radius 1 is 1.09 bits per heavy atom. The van der Waals surface area contributed by atoms with E-state index in [4.69, 9.17) is 12.2 Å². The lowest BCUT2D eigenvalue weighted by molar-refractivity contribution is -0.136. The van der Waals surface area contributed by atoms with Gasteiger partial charge in [-0.3, -0.25) is 4.79 Å². The highest BCUT2D eigenvalue weighted by atomic mass is 32.1. The SMILES string of the molecule is CN1C=C(/C=C/C=C2/N(CCC(=O)O)c3ccccc3C2(C)C)C(C)(C)c2cc(N=C=S)ccc21. The zero-order valence-corrected chi connectivity index (χ0v) is 21.7. The predicted molar refractivity (Wildman–Crippen MR) is 147 cm³/mol. The summed E-state index contributed by atoms with van der Waals surface area (Å²) < 4.78 is 0. The van der Waals surface area contributed by atoms with Gasteiger partial charge in [-0.15, -0.1) is 0 Å². The molecule has 0 atom stereocenters. The van der Waals surface area contributed by atoms with Crippen molar-refractivity contribution in [2.75, 3.05) is 23.4 Å². The molecule has 0 radical (unpaired) electrons. The Morgan fingerprint density at radius 2 is 1.83 bits per heavy atom. The van der Waals surface area contributed by atoms with E-state index < -0.39 is 5.97 Å². The first-order valence-electron chi connectivity index (χ1n) is 11.7. The number of anilines is 2. The molecule has 2 aliphatic heterocycles. The van der Waals surface area contributed by atoms with Gasteiger partial charge in [-0.05, 0) is 59.3 Å². The predicted octanol–water partition coefficient (Wildman–Crippen LogP) is 6.74. The maximum atomic E-state index is 11.3. The summed E-state index contributed by atoms with van der Waals surface area (Å²) in [6.07, 6.45) is 8.60. The van der Waals surface area contributed by atoms with Crippen LogP contribution in [0.25, 0.3) is 0 Å². The molecule has 0 aromatic heterocycles. The Labute approximate surface area is 212 Å². The van der Waals surface area contributed by atoms with E-state index in [1.165, 1.54) is 16.7 Å². The maximum Gasteiger partial charge on any atom is 0.305 e. The van der Waals surface area contributed by atoms with Crippen molar-refractivity contribution in [1.29, 1.82) is 0 Å². The van der Waals surface area contributed by atoms with Crippen molar-refractivity contribution in [1.82, 2.24) is 0 Å². The number of isothiocyanates is 1. The number of carboxylic acids is 1. The molecule has 5 nitrogen and oxygen atoms in total. The molecule has 0 fully saturated rings. The van der Waals surface area contributed by atoms with Crippen molar-refractivity contribution >= 4 is 40.4 Å². The molecule has 0 unspecified atom stereocenters. The third-order valence-electron chi connectivity index (χ3n) is 7.14. The fourth-order valence-electron chi connectivity index (χ4n) is 5.13. The molecule has 0 amide bonds. The van der Waals surface area contributed by atoms with Gasteiger partial charge in [-0.1, -0.05) is 58.0 Å². The number of hydrogen-bond acceptors (Lipinski definition) is 5. The topological polar surface area (TPSA) is 56.1 Å². The van der Waals surface area contributed by atoms with Crippen LogP contribution in [-0.4, -0.2) is 29.8 Å². The van der Waals surface area contributed by atoms with Gasteiger partial charge in [-0.2, -0.15) is 4.99 Å². The van der Waals surface area contributed by atoms with Crippen LogP contribution in [0, 0.1) is 0 Å². The number of allylic oxidation sites excluding steroid dienone is 5. The van der Waals surface area contributed by atoms with Crippen LogP contribution in [0.4, 0.5) is 17.1 Å². The molecule has 0 saturated heterocycles. The third-order valence-corrected chi connectivity index (χ3v) is 7.23. The number of para-hydroxylation sites is 1. The monoisotopic (exact) mass is 485 g/mol. The minimum Gasteiger partial charge on any atom is -0.481 e. The average Bonchev–Trinajstić information content (AvgIpc) is 3.02. The van der Waals surface area contributed by atoms with Gasteiger partial charge in [0.25, 0.3) is 0 Å². The second kappa shape index (κ2) is 9.29. The van der Waals surface area contributed by atoms with Crippen molar-refractivity contribution in [3.05, 3.63) is 89.3 Å². The van der Waals surface area contributed by atoms with Crippen LogP contribution in [-0.2, 0) is 15.6 Å². The highest BCUT2D eigenvalue weighted by Gasteiger charge is 2.39. The fraction of sp³-hybridized carbons (Fsp3) is 0.310. The number of nitrogens with zero attached hydrogens (tertiary/aromatic N) is 3. The zero-order valence-electron chi connectivity index (χ0n) is 20.9. The minimum absolute atomic E-state index is 0.0811. The van der Waals surface area contributed by atoms with Crippen LogP contribution in [0.15, 0.2) is 83.2 Å². The highest BCUT2D eigenvalue weighted by molar-refractivity contribution is 7.78. The molecule has 0 spiro atoms. The number of benzene rings is 2. The van der Waals surface area contributed by atoms with Gasteiger partial charge in [-0.25, -0.2) is 0 Å². The van der Waals surface area contributed by atoms with Crippen molar-refractivity contribution in [3.63, 3.8) is 0 Å². The number of aliphatic carboxylic acids is 1. The zero-order chi connectivity index (χ0) is 25.4. The largest absolute Gasteiger partial charge is 0.481 e. The summed E-state index contributed by atoms with van der Waals surface area (Å²) in [6, 6.07) is 14.4. The van der Waals surface area contributed by atoms with E-state index in [9.17, 15) is 9.90 Å². The van der Waals surface area contributed by atoms with E-state index in [-0.39, 0.29) is 17.3 Å². The molecule has 2 aromatic carbocycles. The van der Waals surface area contributed by atoms with Crippen molar-refractivity contribution in [3.8, 4) is 0 Å². The Kier molecular flexibility index (Phi) is 6.54. The molecule has 6 heteroatoms. The van der Waals surface area contributed by atoms with Crippen LogP contribution in [0.5, 0.6) is 0 Å². The van der Waals surface area contributed by atoms with E-state index in [0.29, 0.717) is 6.54 Å². The summed E-state index contributed by atoms with van der Waals surface area (Å²) in [7, 11) is 2.05. The minimum atomic E-state index is -0.796. The molecule has 2 aromatic rings. The standard InChI is InChI=1S/C29H31N3O2S/c1-28(2)20(18-31(5)24-14-13-21(30-19-35)17-23(24)28)9-8-12-26-29(3,4)22-10-6-7-11-25(22)32(26)16-15-27(33)34/h6-14,17-18H,15-16H2,1-5H3,(H,33,34)/b9-8+,26-12+. The van der Waals surface area contributed by atoms with Crippen LogP contribution < -0.4 is 9.80 Å². The van der Waals surface area contributed by atoms with Gasteiger partial charge in [0.1, 0.15) is 0 Å². The number of carboxylic acid groups (broad SMARTS) is 1. The van der Waals surface area contributed by atoms with E-state index in [2.05, 4.69) is 96.3 Å². The molecule has 35 heavy (non-hydrogen) atoms. The van der Waals surface area contributed by atoms with Gasteiger partial charge in [0.2, 0.25) is 0 Å². The quantitative estimate of drug-likeness (QED) is 0.362. The second-order valence-corrected chi connectivity index (χ2v) is 10.3. The molecule has 0 bridgehead atoms. The number of rotatable bonds is 6. The summed E-state index contributed by atoms with van der Waals surface area (Å²) in [5, 5.41) is 11.8. The Balaban J connectivity index is 1.70. The average molecular weight is 486 g/mol. The molecular weight excluding hydrogens is 454 g/mol. The van der Waals surface area contributed by atoms with Crippen LogP contribution in [0.1, 0.15) is 45.2 Å². The first-order chi connectivity index (χ1) is 16.6. The van der Waals surface area contributed by atoms with Gasteiger partial charge in [0.15, 0.2) is 0 Å². The Morgan fingerprint density at radius 3 is 2.54 bits per heavy atom. The normalized spacial score (nSPS) is 18.8. The fourth-order valence-corrected chi connectivity index (χ4v) is 5.24. The van der Waals surface area contributed by atoms with Crippen molar-refractivity contribution < 1.29 is 9.90 Å². The van der Waals surface area contributed by atoms with Gasteiger partial charge in [0.05, 0.1) is 17.3 Å². The maximum absolute atomic E-state index is 11.3. The Hall–Kier alpha value is -3.47. The van der Waals surface area contributed by atoms with Gasteiger partial charge in [0, 0.05) is 47.7 Å². The van der Waals surface area contributed by atoms with Crippen LogP contribution in [0.2, 0.25) is 0 Å². The molecule has 2 aliphatic rings. The van der Waals surface area contributed by atoms with E-state index >= 15 is 0 Å². The van der Waals surface area contributed by atoms with Gasteiger partial charge < -0.3 is 14.9 Å². The summed E-state index contributed by atoms with van der Waals surface area (Å²) in [4.78, 5) is 19.8. The first-order valence-corrected chi connectivity index (χ1v) is 12.1. The van der Waals surface area contributed by atoms with E-state index in [1.807, 2.05) is 25.2 Å². The molecule has 180 valence electrons. The number of aliphatic imine (C=N–C) groups is 1. The second-order valence-electron chi connectivity index (χ2n) is 10.1. The number of thiocarbonyl (C=S) groups is 1. The summed E-state index contributed by atoms with van der Waals surface area (Å²) in [5.74, 6) is -0.796. The summed E-state index contributed by atoms with van der Waals surface area (Å²) in [5.41, 5.74) is 7.20. The Bertz CT molecular complexity index is 1310. The highest BCUT2D eigenvalue weighted by Crippen LogP contribution is 2.48. The van der Waals surface area contributed by atoms with Crippen molar-refractivity contribution in [2.24, 2.45) is 4.99 Å². The molecule has 1 N–H and O–H groups in total. The molecular formula is C29H31N3O2S. The molecule has 2 heterocycles. The summed E-state index contributed by atoms with van der Waals surface area (Å²) in [6.45, 7) is 9.24. The lowest BCUT2D eigenvalue weighted by Gasteiger charge is -2.37. The lowest BCUT2D eigenvalue weighted by atomic mass is 9.74. The van der Waals surface area contributed by atoms with E-state index in [1.54, 1.807) is 0 Å². The number of carbonyl (C=O) groups is 1. The molecule has 0 saturated carbocycles. The van der Waals surface area contributed by atoms with Crippen LogP contribution in [0.3, 0.4) is 0 Å². The number of fused-ring (bicyclic) bond motifs is 2. The lowest BCUT2D eigenvalue weighted by Crippen LogP contribution is -2.29. The molecule has 4 rings (SSSR count). The first kappa shape index (κ1) is 24.6.